The number of nitrogens with one attached hydrogen (secondary N) is 1. The molecule has 1 rings (SSSR count). The Morgan fingerprint density at radius 1 is 1.56 bits per heavy atom. The highest BCUT2D eigenvalue weighted by molar-refractivity contribution is 6.17. The molecule has 0 saturated carbocycles. The second kappa shape index (κ2) is 6.39. The van der Waals surface area contributed by atoms with Crippen LogP contribution in [-0.4, -0.2) is 21.3 Å². The lowest BCUT2D eigenvalue weighted by molar-refractivity contribution is -0.119. The number of nitrogens with two attached hydrogens (primary N) is 1. The number of halogens is 1. The van der Waals surface area contributed by atoms with Crippen LogP contribution in [-0.2, 0) is 11.3 Å². The summed E-state index contributed by atoms with van der Waals surface area (Å²) in [5.41, 5.74) is 4.49. The average Bonchev–Trinajstić information content (AvgIpc) is 2.28. The summed E-state index contributed by atoms with van der Waals surface area (Å²) in [4.78, 5) is 37.2. The summed E-state index contributed by atoms with van der Waals surface area (Å²) in [7, 11) is 0. The number of aromatic nitrogens is 2. The van der Waals surface area contributed by atoms with Crippen molar-refractivity contribution in [1.29, 1.82) is 0 Å². The van der Waals surface area contributed by atoms with E-state index in [4.69, 9.17) is 17.3 Å². The number of hydrogen-bond donors (Lipinski definition) is 2. The number of alkyl halides is 1. The number of carbonyl (C=O) groups is 1. The lowest BCUT2D eigenvalue weighted by Crippen LogP contribution is -2.37. The topological polar surface area (TPSA) is 97.9 Å². The van der Waals surface area contributed by atoms with Crippen LogP contribution in [0.15, 0.2) is 15.7 Å². The van der Waals surface area contributed by atoms with Gasteiger partial charge in [-0.3, -0.25) is 14.2 Å². The molecule has 1 aromatic rings. The molecular weight excluding hydrogens is 258 g/mol. The summed E-state index contributed by atoms with van der Waals surface area (Å²) in [6.07, 6.45) is 0.952. The van der Waals surface area contributed by atoms with E-state index in [0.29, 0.717) is 18.7 Å². The van der Waals surface area contributed by atoms with Gasteiger partial charge in [-0.1, -0.05) is 6.92 Å². The third-order valence-electron chi connectivity index (χ3n) is 2.68. The molecular formula is C11H16ClN3O3. The second-order valence-electron chi connectivity index (χ2n) is 3.93. The number of primary amides is 1. The van der Waals surface area contributed by atoms with Crippen molar-refractivity contribution in [2.24, 2.45) is 5.73 Å². The molecule has 0 bridgehead atoms. The predicted octanol–water partition coefficient (Wildman–Crippen LogP) is 0.144. The minimum absolute atomic E-state index is 0.255. The summed E-state index contributed by atoms with van der Waals surface area (Å²) < 4.78 is 1.06. The highest BCUT2D eigenvalue weighted by Crippen LogP contribution is 2.13. The molecule has 0 radical (unpaired) electrons. The maximum absolute atomic E-state index is 11.8. The summed E-state index contributed by atoms with van der Waals surface area (Å²) in [6.45, 7) is 2.01. The zero-order chi connectivity index (χ0) is 13.7. The molecule has 1 atom stereocenters. The molecule has 1 unspecified atom stereocenters. The fourth-order valence-electron chi connectivity index (χ4n) is 1.73. The van der Waals surface area contributed by atoms with Gasteiger partial charge in [-0.2, -0.15) is 0 Å². The van der Waals surface area contributed by atoms with Crippen LogP contribution in [0.1, 0.15) is 31.4 Å². The van der Waals surface area contributed by atoms with Gasteiger partial charge in [0.05, 0.1) is 5.92 Å². The van der Waals surface area contributed by atoms with E-state index in [9.17, 15) is 14.4 Å². The third-order valence-corrected chi connectivity index (χ3v) is 2.95. The Hall–Kier alpha value is -1.56. The zero-order valence-corrected chi connectivity index (χ0v) is 10.9. The third kappa shape index (κ3) is 3.22. The van der Waals surface area contributed by atoms with E-state index in [1.807, 2.05) is 0 Å². The van der Waals surface area contributed by atoms with Crippen LogP contribution in [0.3, 0.4) is 0 Å². The number of hydrogen-bond acceptors (Lipinski definition) is 3. The largest absolute Gasteiger partial charge is 0.369 e. The molecule has 0 fully saturated rings. The molecule has 100 valence electrons. The smallest absolute Gasteiger partial charge is 0.328 e. The Labute approximate surface area is 109 Å². The molecule has 0 aliphatic carbocycles. The van der Waals surface area contributed by atoms with Gasteiger partial charge in [-0.15, -0.1) is 11.6 Å². The lowest BCUT2D eigenvalue weighted by Gasteiger charge is -2.11. The Balaban J connectivity index is 3.17. The van der Waals surface area contributed by atoms with Gasteiger partial charge in [0.1, 0.15) is 0 Å². The fourth-order valence-corrected chi connectivity index (χ4v) is 1.85. The number of carbonyl (C=O) groups excluding carboxylic acids is 1. The van der Waals surface area contributed by atoms with E-state index in [2.05, 4.69) is 4.98 Å². The molecule has 7 heteroatoms. The minimum atomic E-state index is -0.645. The highest BCUT2D eigenvalue weighted by atomic mass is 35.5. The first kappa shape index (κ1) is 14.5. The van der Waals surface area contributed by atoms with Crippen LogP contribution in [0.4, 0.5) is 0 Å². The van der Waals surface area contributed by atoms with E-state index in [1.165, 1.54) is 6.07 Å². The summed E-state index contributed by atoms with van der Waals surface area (Å²) >= 11 is 5.51. The zero-order valence-electron chi connectivity index (χ0n) is 10.1. The summed E-state index contributed by atoms with van der Waals surface area (Å²) in [6, 6.07) is 1.24. The van der Waals surface area contributed by atoms with Gasteiger partial charge in [0, 0.05) is 24.2 Å². The molecule has 3 N–H and O–H groups in total. The van der Waals surface area contributed by atoms with Crippen LogP contribution in [0.2, 0.25) is 0 Å². The van der Waals surface area contributed by atoms with E-state index in [-0.39, 0.29) is 12.2 Å². The van der Waals surface area contributed by atoms with Crippen molar-refractivity contribution in [3.05, 3.63) is 32.6 Å². The Morgan fingerprint density at radius 2 is 2.22 bits per heavy atom. The fraction of sp³-hybridized carbons (Fsp3) is 0.545. The Bertz CT molecular complexity index is 504. The monoisotopic (exact) mass is 273 g/mol. The standard InChI is InChI=1S/C11H16ClN3O3/c1-2-7(10(13)17)8-6-9(16)15(5-3-4-12)11(18)14-8/h6-7H,2-5H2,1H3,(H2,13,17)(H,14,18). The maximum atomic E-state index is 11.8. The molecule has 0 saturated heterocycles. The quantitative estimate of drug-likeness (QED) is 0.722. The molecule has 0 aromatic carbocycles. The number of H-pyrrole nitrogens is 1. The molecule has 6 nitrogen and oxygen atoms in total. The maximum Gasteiger partial charge on any atom is 0.328 e. The number of nitrogens with zero attached hydrogens (tertiary/aromatic N) is 1. The molecule has 1 heterocycles. The van der Waals surface area contributed by atoms with E-state index < -0.39 is 23.1 Å². The normalized spacial score (nSPS) is 12.3. The molecule has 1 amide bonds. The van der Waals surface area contributed by atoms with Gasteiger partial charge in [-0.25, -0.2) is 4.79 Å². The van der Waals surface area contributed by atoms with Crippen molar-refractivity contribution in [2.75, 3.05) is 5.88 Å². The van der Waals surface area contributed by atoms with Crippen LogP contribution in [0.25, 0.3) is 0 Å². The highest BCUT2D eigenvalue weighted by Gasteiger charge is 2.18. The van der Waals surface area contributed by atoms with E-state index >= 15 is 0 Å². The van der Waals surface area contributed by atoms with Crippen molar-refractivity contribution in [1.82, 2.24) is 9.55 Å². The first-order valence-corrected chi connectivity index (χ1v) is 6.24. The summed E-state index contributed by atoms with van der Waals surface area (Å²) in [5.74, 6) is -0.842. The van der Waals surface area contributed by atoms with Crippen molar-refractivity contribution in [2.45, 2.75) is 32.2 Å². The lowest BCUT2D eigenvalue weighted by atomic mass is 10.0. The molecule has 18 heavy (non-hydrogen) atoms. The van der Waals surface area contributed by atoms with Crippen LogP contribution < -0.4 is 17.0 Å². The number of aromatic amines is 1. The van der Waals surface area contributed by atoms with Crippen molar-refractivity contribution < 1.29 is 4.79 Å². The summed E-state index contributed by atoms with van der Waals surface area (Å²) in [5, 5.41) is 0. The number of amides is 1. The second-order valence-corrected chi connectivity index (χ2v) is 4.30. The van der Waals surface area contributed by atoms with Crippen molar-refractivity contribution in [3.8, 4) is 0 Å². The SMILES string of the molecule is CCC(C(N)=O)c1cc(=O)n(CCCCl)c(=O)[nH]1. The van der Waals surface area contributed by atoms with Gasteiger partial charge >= 0.3 is 5.69 Å². The van der Waals surface area contributed by atoms with Gasteiger partial charge in [-0.05, 0) is 12.8 Å². The van der Waals surface area contributed by atoms with Gasteiger partial charge in [0.2, 0.25) is 5.91 Å². The van der Waals surface area contributed by atoms with E-state index in [0.717, 1.165) is 4.57 Å². The van der Waals surface area contributed by atoms with Gasteiger partial charge < -0.3 is 10.7 Å². The molecule has 1 aromatic heterocycles. The first-order valence-electron chi connectivity index (χ1n) is 5.70. The molecule has 0 spiro atoms. The average molecular weight is 274 g/mol. The van der Waals surface area contributed by atoms with Gasteiger partial charge in [0.15, 0.2) is 0 Å². The first-order chi connectivity index (χ1) is 8.51. The predicted molar refractivity (Wildman–Crippen MR) is 68.9 cm³/mol. The number of rotatable bonds is 6. The van der Waals surface area contributed by atoms with Crippen LogP contribution >= 0.6 is 11.6 Å². The molecule has 0 aliphatic rings. The van der Waals surface area contributed by atoms with Crippen LogP contribution in [0.5, 0.6) is 0 Å². The van der Waals surface area contributed by atoms with Crippen molar-refractivity contribution >= 4 is 17.5 Å². The molecule has 0 aliphatic heterocycles. The van der Waals surface area contributed by atoms with Crippen LogP contribution in [0, 0.1) is 0 Å². The van der Waals surface area contributed by atoms with Crippen molar-refractivity contribution in [3.63, 3.8) is 0 Å². The van der Waals surface area contributed by atoms with Gasteiger partial charge in [0.25, 0.3) is 5.56 Å². The Morgan fingerprint density at radius 3 is 2.67 bits per heavy atom. The Kier molecular flexibility index (Phi) is 5.15. The minimum Gasteiger partial charge on any atom is -0.369 e. The van der Waals surface area contributed by atoms with E-state index in [1.54, 1.807) is 6.92 Å².